The minimum absolute atomic E-state index is 0.380. The molecule has 0 unspecified atom stereocenters. The maximum Gasteiger partial charge on any atom is 0.0741 e. The molecular weight excluding hydrogens is 186 g/mol. The van der Waals surface area contributed by atoms with Gasteiger partial charge >= 0.3 is 0 Å². The smallest absolute Gasteiger partial charge is 0.0741 e. The maximum absolute atomic E-state index is 9.64. The van der Waals surface area contributed by atoms with Crippen molar-refractivity contribution < 1.29 is 15.6 Å². The highest BCUT2D eigenvalue weighted by molar-refractivity contribution is 5.89. The van der Waals surface area contributed by atoms with Gasteiger partial charge in [0.15, 0.2) is 0 Å². The van der Waals surface area contributed by atoms with Gasteiger partial charge in [-0.15, -0.1) is 0 Å². The minimum atomic E-state index is -0.438. The van der Waals surface area contributed by atoms with E-state index in [1.54, 1.807) is 27.7 Å². The van der Waals surface area contributed by atoms with Crippen LogP contribution in [0.15, 0.2) is 10.3 Å². The monoisotopic (exact) mass is 203 g/mol. The van der Waals surface area contributed by atoms with Crippen LogP contribution in [0.4, 0.5) is 0 Å². The van der Waals surface area contributed by atoms with Crippen LogP contribution in [-0.4, -0.2) is 44.2 Å². The first-order valence-corrected chi connectivity index (χ1v) is 4.30. The molecule has 0 radical (unpaired) electrons. The second-order valence-corrected chi connectivity index (χ2v) is 3.21. The molecule has 6 heteroatoms. The van der Waals surface area contributed by atoms with Gasteiger partial charge in [0.25, 0.3) is 0 Å². The van der Waals surface area contributed by atoms with Gasteiger partial charge in [-0.25, -0.2) is 0 Å². The fourth-order valence-electron chi connectivity index (χ4n) is 0.885. The lowest BCUT2D eigenvalue weighted by atomic mass is 10.1. The average molecular weight is 203 g/mol. The largest absolute Gasteiger partial charge is 0.411 e. The lowest BCUT2D eigenvalue weighted by molar-refractivity contribution is -0.116. The Hall–Kier alpha value is -1.14. The topological polar surface area (TPSA) is 88.7 Å². The van der Waals surface area contributed by atoms with E-state index >= 15 is 0 Å². The lowest BCUT2D eigenvalue weighted by Crippen LogP contribution is -2.44. The van der Waals surface area contributed by atoms with Crippen molar-refractivity contribution in [2.75, 3.05) is 0 Å². The molecule has 0 heterocycles. The Bertz CT molecular complexity index is 216. The van der Waals surface area contributed by atoms with Crippen molar-refractivity contribution in [3.8, 4) is 0 Å². The molecule has 0 bridgehead atoms. The van der Waals surface area contributed by atoms with E-state index < -0.39 is 12.1 Å². The van der Waals surface area contributed by atoms with Gasteiger partial charge in [-0.2, -0.15) is 5.06 Å². The van der Waals surface area contributed by atoms with Crippen LogP contribution in [0.2, 0.25) is 0 Å². The third-order valence-corrected chi connectivity index (χ3v) is 2.32. The molecule has 0 aromatic carbocycles. The summed E-state index contributed by atoms with van der Waals surface area (Å²) < 4.78 is 0. The molecule has 0 aliphatic rings. The van der Waals surface area contributed by atoms with Crippen LogP contribution in [-0.2, 0) is 0 Å². The fraction of sp³-hybridized carbons (Fsp3) is 0.750. The summed E-state index contributed by atoms with van der Waals surface area (Å²) in [7, 11) is 0. The molecule has 0 aliphatic carbocycles. The van der Waals surface area contributed by atoms with Crippen molar-refractivity contribution >= 4 is 11.4 Å². The van der Waals surface area contributed by atoms with Crippen LogP contribution in [0.1, 0.15) is 27.7 Å². The second kappa shape index (κ2) is 5.56. The third kappa shape index (κ3) is 2.97. The van der Waals surface area contributed by atoms with Crippen molar-refractivity contribution in [2.45, 2.75) is 39.8 Å². The predicted molar refractivity (Wildman–Crippen MR) is 52.3 cm³/mol. The number of hydrogen-bond donors (Lipinski definition) is 3. The van der Waals surface area contributed by atoms with Crippen LogP contribution in [0.25, 0.3) is 0 Å². The van der Waals surface area contributed by atoms with E-state index in [-0.39, 0.29) is 0 Å². The second-order valence-electron chi connectivity index (χ2n) is 3.21. The summed E-state index contributed by atoms with van der Waals surface area (Å²) in [5.74, 6) is 0. The SMILES string of the molecule is C/C(=N/O)[C@H](C)N(O)[C@@H](C)/C(C)=N/O. The number of rotatable bonds is 4. The highest BCUT2D eigenvalue weighted by Gasteiger charge is 2.22. The molecule has 0 rings (SSSR count). The van der Waals surface area contributed by atoms with Crippen molar-refractivity contribution in [3.05, 3.63) is 0 Å². The van der Waals surface area contributed by atoms with Gasteiger partial charge in [0.05, 0.1) is 23.5 Å². The molecule has 3 N–H and O–H groups in total. The van der Waals surface area contributed by atoms with E-state index in [1.165, 1.54) is 0 Å². The molecule has 0 aliphatic heterocycles. The first kappa shape index (κ1) is 12.9. The molecule has 0 spiro atoms. The lowest BCUT2D eigenvalue weighted by Gasteiger charge is -2.27. The van der Waals surface area contributed by atoms with Crippen molar-refractivity contribution in [1.82, 2.24) is 5.06 Å². The summed E-state index contributed by atoms with van der Waals surface area (Å²) in [5, 5.41) is 33.6. The Morgan fingerprint density at radius 3 is 1.50 bits per heavy atom. The fourth-order valence-corrected chi connectivity index (χ4v) is 0.885. The van der Waals surface area contributed by atoms with Crippen molar-refractivity contribution in [3.63, 3.8) is 0 Å². The summed E-state index contributed by atoms with van der Waals surface area (Å²) >= 11 is 0. The van der Waals surface area contributed by atoms with Crippen LogP contribution < -0.4 is 0 Å². The predicted octanol–water partition coefficient (Wildman–Crippen LogP) is 1.15. The zero-order valence-corrected chi connectivity index (χ0v) is 8.84. The zero-order valence-electron chi connectivity index (χ0n) is 8.84. The van der Waals surface area contributed by atoms with Gasteiger partial charge in [0.2, 0.25) is 0 Å². The Kier molecular flexibility index (Phi) is 5.11. The maximum atomic E-state index is 9.64. The Balaban J connectivity index is 4.54. The number of oxime groups is 2. The van der Waals surface area contributed by atoms with Crippen molar-refractivity contribution in [1.29, 1.82) is 0 Å². The van der Waals surface area contributed by atoms with E-state index in [2.05, 4.69) is 10.3 Å². The van der Waals surface area contributed by atoms with Gasteiger partial charge in [-0.05, 0) is 27.7 Å². The molecule has 2 atom stereocenters. The van der Waals surface area contributed by atoms with Crippen molar-refractivity contribution in [2.24, 2.45) is 10.3 Å². The number of hydroxylamine groups is 2. The highest BCUT2D eigenvalue weighted by atomic mass is 16.5. The van der Waals surface area contributed by atoms with E-state index in [1.807, 2.05) is 0 Å². The average Bonchev–Trinajstić information content (AvgIpc) is 2.23. The van der Waals surface area contributed by atoms with Gasteiger partial charge in [-0.1, -0.05) is 10.3 Å². The molecule has 0 saturated carbocycles. The Morgan fingerprint density at radius 1 is 1.00 bits per heavy atom. The van der Waals surface area contributed by atoms with Gasteiger partial charge < -0.3 is 15.6 Å². The summed E-state index contributed by atoms with van der Waals surface area (Å²) in [5.41, 5.74) is 0.759. The van der Waals surface area contributed by atoms with E-state index in [4.69, 9.17) is 10.4 Å². The van der Waals surface area contributed by atoms with Crippen LogP contribution >= 0.6 is 0 Å². The van der Waals surface area contributed by atoms with Crippen LogP contribution in [0.3, 0.4) is 0 Å². The van der Waals surface area contributed by atoms with Gasteiger partial charge in [-0.3, -0.25) is 0 Å². The van der Waals surface area contributed by atoms with Crippen LogP contribution in [0.5, 0.6) is 0 Å². The van der Waals surface area contributed by atoms with E-state index in [0.29, 0.717) is 11.4 Å². The van der Waals surface area contributed by atoms with Gasteiger partial charge in [0.1, 0.15) is 0 Å². The summed E-state index contributed by atoms with van der Waals surface area (Å²) in [4.78, 5) is 0. The number of nitrogens with zero attached hydrogens (tertiary/aromatic N) is 3. The third-order valence-electron chi connectivity index (χ3n) is 2.32. The Morgan fingerprint density at radius 2 is 1.29 bits per heavy atom. The first-order chi connectivity index (χ1) is 6.45. The normalized spacial score (nSPS) is 18.4. The van der Waals surface area contributed by atoms with E-state index in [0.717, 1.165) is 5.06 Å². The molecule has 0 aromatic heterocycles. The highest BCUT2D eigenvalue weighted by Crippen LogP contribution is 2.05. The number of hydrogen-bond acceptors (Lipinski definition) is 6. The molecule has 0 fully saturated rings. The minimum Gasteiger partial charge on any atom is -0.411 e. The molecule has 82 valence electrons. The summed E-state index contributed by atoms with van der Waals surface area (Å²) in [6, 6.07) is -0.876. The quantitative estimate of drug-likeness (QED) is 0.363. The van der Waals surface area contributed by atoms with Gasteiger partial charge in [0, 0.05) is 0 Å². The molecule has 14 heavy (non-hydrogen) atoms. The van der Waals surface area contributed by atoms with E-state index in [9.17, 15) is 5.21 Å². The molecule has 0 amide bonds. The summed E-state index contributed by atoms with van der Waals surface area (Å²) in [6.07, 6.45) is 0. The van der Waals surface area contributed by atoms with Crippen LogP contribution in [0, 0.1) is 0 Å². The first-order valence-electron chi connectivity index (χ1n) is 4.30. The Labute approximate surface area is 83.1 Å². The standard InChI is InChI=1S/C8H17N3O3/c1-5(9-12)7(3)11(14)8(4)6(2)10-13/h7-8,12-14H,1-4H3/b9-5-,10-6+/t7-,8-/m0/s1. The molecule has 0 saturated heterocycles. The summed E-state index contributed by atoms with van der Waals surface area (Å²) in [6.45, 7) is 6.53. The molecule has 6 nitrogen and oxygen atoms in total. The molecular formula is C8H17N3O3. The zero-order chi connectivity index (χ0) is 11.3. The molecule has 0 aromatic rings.